The molecule has 4 unspecified atom stereocenters. The van der Waals surface area contributed by atoms with Gasteiger partial charge in [-0.3, -0.25) is 11.3 Å². The molecule has 2 fully saturated rings. The van der Waals surface area contributed by atoms with Crippen LogP contribution in [-0.4, -0.2) is 0 Å². The molecular weight excluding hydrogens is 270 g/mol. The first kappa shape index (κ1) is 14.9. The van der Waals surface area contributed by atoms with E-state index in [-0.39, 0.29) is 11.9 Å². The van der Waals surface area contributed by atoms with Crippen molar-refractivity contribution in [2.75, 3.05) is 0 Å². The molecule has 2 saturated carbocycles. The molecule has 0 saturated heterocycles. The molecule has 21 heavy (non-hydrogen) atoms. The zero-order chi connectivity index (χ0) is 14.8. The highest BCUT2D eigenvalue weighted by Crippen LogP contribution is 2.46. The van der Waals surface area contributed by atoms with Crippen molar-refractivity contribution in [3.05, 3.63) is 35.4 Å². The number of nitrogens with one attached hydrogen (secondary N) is 1. The van der Waals surface area contributed by atoms with Gasteiger partial charge in [-0.05, 0) is 55.2 Å². The molecular formula is C17H24F2N2. The Balaban J connectivity index is 1.78. The average molecular weight is 294 g/mol. The van der Waals surface area contributed by atoms with Crippen LogP contribution >= 0.6 is 0 Å². The van der Waals surface area contributed by atoms with Gasteiger partial charge in [-0.25, -0.2) is 8.78 Å². The van der Waals surface area contributed by atoms with E-state index in [0.29, 0.717) is 11.5 Å². The van der Waals surface area contributed by atoms with Gasteiger partial charge in [-0.2, -0.15) is 0 Å². The molecule has 0 amide bonds. The molecule has 0 heterocycles. The first-order valence-electron chi connectivity index (χ1n) is 8.10. The van der Waals surface area contributed by atoms with E-state index in [1.807, 2.05) is 0 Å². The number of rotatable bonds is 3. The molecule has 2 aliphatic carbocycles. The number of hydrogen-bond acceptors (Lipinski definition) is 2. The summed E-state index contributed by atoms with van der Waals surface area (Å²) in [5, 5.41) is 0. The number of nitrogens with two attached hydrogens (primary N) is 1. The van der Waals surface area contributed by atoms with Crippen molar-refractivity contribution in [1.82, 2.24) is 5.43 Å². The Morgan fingerprint density at radius 1 is 1.05 bits per heavy atom. The van der Waals surface area contributed by atoms with E-state index in [0.717, 1.165) is 30.7 Å². The minimum atomic E-state index is -0.405. The van der Waals surface area contributed by atoms with Crippen molar-refractivity contribution in [2.24, 2.45) is 23.6 Å². The van der Waals surface area contributed by atoms with Crippen LogP contribution < -0.4 is 11.3 Å². The van der Waals surface area contributed by atoms with Gasteiger partial charge in [0.2, 0.25) is 0 Å². The van der Waals surface area contributed by atoms with E-state index in [1.54, 1.807) is 0 Å². The van der Waals surface area contributed by atoms with Crippen LogP contribution in [0.4, 0.5) is 8.78 Å². The molecule has 3 N–H and O–H groups in total. The van der Waals surface area contributed by atoms with Crippen LogP contribution in [0.3, 0.4) is 0 Å². The SMILES string of the molecule is NNC(c1cc(F)ccc1F)C1CCC2CCCCC2C1. The van der Waals surface area contributed by atoms with Gasteiger partial charge in [-0.1, -0.05) is 25.7 Å². The number of benzene rings is 1. The van der Waals surface area contributed by atoms with Crippen molar-refractivity contribution in [3.8, 4) is 0 Å². The molecule has 0 radical (unpaired) electrons. The van der Waals surface area contributed by atoms with E-state index >= 15 is 0 Å². The number of halogens is 2. The highest BCUT2D eigenvalue weighted by Gasteiger charge is 2.36. The fourth-order valence-electron chi connectivity index (χ4n) is 4.45. The molecule has 1 aromatic rings. The summed E-state index contributed by atoms with van der Waals surface area (Å²) in [6.07, 6.45) is 8.61. The van der Waals surface area contributed by atoms with Crippen molar-refractivity contribution in [1.29, 1.82) is 0 Å². The van der Waals surface area contributed by atoms with Crippen LogP contribution in [0, 0.1) is 29.4 Å². The highest BCUT2D eigenvalue weighted by atomic mass is 19.1. The molecule has 0 aliphatic heterocycles. The Labute approximate surface area is 125 Å². The second-order valence-corrected chi connectivity index (χ2v) is 6.69. The topological polar surface area (TPSA) is 38.0 Å². The van der Waals surface area contributed by atoms with Gasteiger partial charge in [0.15, 0.2) is 0 Å². The van der Waals surface area contributed by atoms with Crippen molar-refractivity contribution in [3.63, 3.8) is 0 Å². The first-order valence-corrected chi connectivity index (χ1v) is 8.10. The molecule has 2 nitrogen and oxygen atoms in total. The second kappa shape index (κ2) is 6.41. The maximum atomic E-state index is 14.0. The summed E-state index contributed by atoms with van der Waals surface area (Å²) in [6.45, 7) is 0. The molecule has 116 valence electrons. The minimum absolute atomic E-state index is 0.288. The van der Waals surface area contributed by atoms with Crippen LogP contribution in [0.15, 0.2) is 18.2 Å². The smallest absolute Gasteiger partial charge is 0.128 e. The zero-order valence-electron chi connectivity index (χ0n) is 12.3. The van der Waals surface area contributed by atoms with E-state index in [9.17, 15) is 8.78 Å². The molecule has 4 heteroatoms. The Morgan fingerprint density at radius 2 is 1.81 bits per heavy atom. The van der Waals surface area contributed by atoms with Crippen molar-refractivity contribution < 1.29 is 8.78 Å². The molecule has 2 aliphatic rings. The van der Waals surface area contributed by atoms with Gasteiger partial charge >= 0.3 is 0 Å². The third-order valence-electron chi connectivity index (χ3n) is 5.52. The van der Waals surface area contributed by atoms with Crippen LogP contribution in [0.25, 0.3) is 0 Å². The third-order valence-corrected chi connectivity index (χ3v) is 5.52. The quantitative estimate of drug-likeness (QED) is 0.651. The summed E-state index contributed by atoms with van der Waals surface area (Å²) in [6, 6.07) is 3.35. The lowest BCUT2D eigenvalue weighted by atomic mass is 9.65. The second-order valence-electron chi connectivity index (χ2n) is 6.69. The fraction of sp³-hybridized carbons (Fsp3) is 0.647. The Morgan fingerprint density at radius 3 is 2.57 bits per heavy atom. The standard InChI is InChI=1S/C17H24F2N2/c18-14-7-8-16(19)15(10-14)17(21-20)13-6-5-11-3-1-2-4-12(11)9-13/h7-8,10-13,17,21H,1-6,9,20H2. The van der Waals surface area contributed by atoms with Gasteiger partial charge in [0.25, 0.3) is 0 Å². The Hall–Kier alpha value is -1.00. The summed E-state index contributed by atoms with van der Waals surface area (Å²) in [5.41, 5.74) is 3.12. The summed E-state index contributed by atoms with van der Waals surface area (Å²) in [5.74, 6) is 6.78. The lowest BCUT2D eigenvalue weighted by molar-refractivity contribution is 0.108. The molecule has 3 rings (SSSR count). The highest BCUT2D eigenvalue weighted by molar-refractivity contribution is 5.23. The Bertz CT molecular complexity index is 492. The fourth-order valence-corrected chi connectivity index (χ4v) is 4.45. The van der Waals surface area contributed by atoms with E-state index in [4.69, 9.17) is 5.84 Å². The first-order chi connectivity index (χ1) is 10.2. The molecule has 0 aromatic heterocycles. The third kappa shape index (κ3) is 3.11. The average Bonchev–Trinajstić information content (AvgIpc) is 2.51. The molecule has 0 spiro atoms. The number of hydrazine groups is 1. The number of fused-ring (bicyclic) bond motifs is 1. The molecule has 0 bridgehead atoms. The van der Waals surface area contributed by atoms with Gasteiger partial charge < -0.3 is 0 Å². The van der Waals surface area contributed by atoms with Crippen LogP contribution in [0.2, 0.25) is 0 Å². The monoisotopic (exact) mass is 294 g/mol. The normalized spacial score (nSPS) is 30.7. The van der Waals surface area contributed by atoms with Gasteiger partial charge in [0.1, 0.15) is 11.6 Å². The Kier molecular flexibility index (Phi) is 4.55. The minimum Gasteiger partial charge on any atom is -0.271 e. The van der Waals surface area contributed by atoms with Crippen LogP contribution in [-0.2, 0) is 0 Å². The summed E-state index contributed by atoms with van der Waals surface area (Å²) in [7, 11) is 0. The molecule has 4 atom stereocenters. The summed E-state index contributed by atoms with van der Waals surface area (Å²) in [4.78, 5) is 0. The van der Waals surface area contributed by atoms with Gasteiger partial charge in [0.05, 0.1) is 6.04 Å². The lowest BCUT2D eigenvalue weighted by Crippen LogP contribution is -2.38. The summed E-state index contributed by atoms with van der Waals surface area (Å²) < 4.78 is 27.5. The maximum absolute atomic E-state index is 14.0. The predicted octanol–water partition coefficient (Wildman–Crippen LogP) is 4.08. The van der Waals surface area contributed by atoms with E-state index < -0.39 is 5.82 Å². The zero-order valence-corrected chi connectivity index (χ0v) is 12.3. The van der Waals surface area contributed by atoms with Crippen LogP contribution in [0.5, 0.6) is 0 Å². The molecule has 1 aromatic carbocycles. The van der Waals surface area contributed by atoms with Crippen molar-refractivity contribution in [2.45, 2.75) is 51.0 Å². The van der Waals surface area contributed by atoms with E-state index in [2.05, 4.69) is 5.43 Å². The van der Waals surface area contributed by atoms with Crippen molar-refractivity contribution >= 4 is 0 Å². The predicted molar refractivity (Wildman–Crippen MR) is 79.2 cm³/mol. The van der Waals surface area contributed by atoms with Gasteiger partial charge in [0, 0.05) is 5.56 Å². The van der Waals surface area contributed by atoms with Crippen LogP contribution in [0.1, 0.15) is 56.6 Å². The van der Waals surface area contributed by atoms with Gasteiger partial charge in [-0.15, -0.1) is 0 Å². The largest absolute Gasteiger partial charge is 0.271 e. The maximum Gasteiger partial charge on any atom is 0.128 e. The van der Waals surface area contributed by atoms with E-state index in [1.165, 1.54) is 44.2 Å². The number of hydrogen-bond donors (Lipinski definition) is 2. The summed E-state index contributed by atoms with van der Waals surface area (Å²) >= 11 is 0. The lowest BCUT2D eigenvalue weighted by Gasteiger charge is -2.42.